The van der Waals surface area contributed by atoms with E-state index in [4.69, 9.17) is 17.0 Å². The summed E-state index contributed by atoms with van der Waals surface area (Å²) in [6.45, 7) is 3.15. The number of rotatable bonds is 4. The molecule has 0 radical (unpaired) electrons. The molecule has 1 aliphatic rings. The zero-order chi connectivity index (χ0) is 21.8. The summed E-state index contributed by atoms with van der Waals surface area (Å²) in [6.07, 6.45) is 0. The van der Waals surface area contributed by atoms with Crippen molar-refractivity contribution in [2.24, 2.45) is 0 Å². The lowest BCUT2D eigenvalue weighted by molar-refractivity contribution is 0.0602. The quantitative estimate of drug-likeness (QED) is 0.448. The first-order chi connectivity index (χ1) is 15.0. The number of thiophene rings is 1. The van der Waals surface area contributed by atoms with E-state index >= 15 is 0 Å². The van der Waals surface area contributed by atoms with Gasteiger partial charge in [0.25, 0.3) is 0 Å². The van der Waals surface area contributed by atoms with Crippen LogP contribution < -0.4 is 10.2 Å². The second-order valence-electron chi connectivity index (χ2n) is 7.13. The maximum Gasteiger partial charge on any atom is 0.340 e. The largest absolute Gasteiger partial charge is 0.508 e. The molecule has 0 saturated carbocycles. The minimum Gasteiger partial charge on any atom is -0.508 e. The van der Waals surface area contributed by atoms with Crippen molar-refractivity contribution in [2.45, 2.75) is 0 Å². The van der Waals surface area contributed by atoms with E-state index in [2.05, 4.69) is 15.1 Å². The smallest absolute Gasteiger partial charge is 0.340 e. The van der Waals surface area contributed by atoms with Gasteiger partial charge in [-0.3, -0.25) is 0 Å². The molecule has 31 heavy (non-hydrogen) atoms. The van der Waals surface area contributed by atoms with Gasteiger partial charge in [0.2, 0.25) is 0 Å². The number of phenols is 1. The monoisotopic (exact) mass is 453 g/mol. The van der Waals surface area contributed by atoms with Crippen LogP contribution in [-0.4, -0.2) is 54.4 Å². The Morgan fingerprint density at radius 2 is 1.74 bits per heavy atom. The third kappa shape index (κ3) is 4.81. The summed E-state index contributed by atoms with van der Waals surface area (Å²) in [6, 6.07) is 19.0. The summed E-state index contributed by atoms with van der Waals surface area (Å²) in [5.74, 6) is -0.124. The molecule has 2 aromatic carbocycles. The summed E-state index contributed by atoms with van der Waals surface area (Å²) in [4.78, 5) is 17.7. The number of nitrogens with zero attached hydrogens (tertiary/aromatic N) is 2. The summed E-state index contributed by atoms with van der Waals surface area (Å²) in [5, 5.41) is 14.0. The van der Waals surface area contributed by atoms with E-state index in [0.29, 0.717) is 15.7 Å². The lowest BCUT2D eigenvalue weighted by Gasteiger charge is -2.37. The van der Waals surface area contributed by atoms with Crippen LogP contribution in [0.25, 0.3) is 10.4 Å². The Morgan fingerprint density at radius 3 is 2.39 bits per heavy atom. The molecule has 3 aromatic rings. The van der Waals surface area contributed by atoms with Gasteiger partial charge in [-0.15, -0.1) is 11.3 Å². The van der Waals surface area contributed by atoms with Gasteiger partial charge in [-0.2, -0.15) is 0 Å². The average molecular weight is 454 g/mol. The van der Waals surface area contributed by atoms with E-state index in [1.54, 1.807) is 12.1 Å². The van der Waals surface area contributed by atoms with Crippen molar-refractivity contribution >= 4 is 45.3 Å². The number of phenolic OH excluding ortho intramolecular Hbond substituents is 1. The number of benzene rings is 2. The van der Waals surface area contributed by atoms with Crippen LogP contribution in [0.15, 0.2) is 60.7 Å². The Bertz CT molecular complexity index is 1060. The Balaban J connectivity index is 1.45. The number of aromatic hydroxyl groups is 1. The van der Waals surface area contributed by atoms with Crippen LogP contribution in [0.1, 0.15) is 10.4 Å². The predicted molar refractivity (Wildman–Crippen MR) is 129 cm³/mol. The highest BCUT2D eigenvalue weighted by Crippen LogP contribution is 2.36. The minimum atomic E-state index is -0.388. The molecular formula is C23H23N3O3S2. The van der Waals surface area contributed by atoms with Crippen LogP contribution in [0.3, 0.4) is 0 Å². The number of piperazine rings is 1. The van der Waals surface area contributed by atoms with Gasteiger partial charge >= 0.3 is 5.97 Å². The van der Waals surface area contributed by atoms with Crippen molar-refractivity contribution in [3.8, 4) is 16.2 Å². The van der Waals surface area contributed by atoms with E-state index in [1.807, 2.05) is 48.5 Å². The highest BCUT2D eigenvalue weighted by Gasteiger charge is 2.23. The molecule has 1 fully saturated rings. The SMILES string of the molecule is COC(=O)c1cc(-c2ccccc2)sc1NC(=S)N1CCN(c2ccc(O)cc2)CC1. The Morgan fingerprint density at radius 1 is 1.06 bits per heavy atom. The second-order valence-corrected chi connectivity index (χ2v) is 8.57. The van der Waals surface area contributed by atoms with E-state index < -0.39 is 0 Å². The Hall–Kier alpha value is -3.10. The van der Waals surface area contributed by atoms with E-state index in [1.165, 1.54) is 18.4 Å². The molecule has 2 N–H and O–H groups in total. The summed E-state index contributed by atoms with van der Waals surface area (Å²) in [7, 11) is 1.38. The number of anilines is 2. The van der Waals surface area contributed by atoms with Crippen molar-refractivity contribution in [1.29, 1.82) is 0 Å². The van der Waals surface area contributed by atoms with E-state index in [0.717, 1.165) is 42.3 Å². The van der Waals surface area contributed by atoms with Crippen LogP contribution in [0, 0.1) is 0 Å². The topological polar surface area (TPSA) is 65.0 Å². The number of ether oxygens (including phenoxy) is 1. The first-order valence-corrected chi connectivity index (χ1v) is 11.1. The van der Waals surface area contributed by atoms with Crippen LogP contribution in [-0.2, 0) is 4.74 Å². The molecule has 4 rings (SSSR count). The fraction of sp³-hybridized carbons (Fsp3) is 0.217. The molecule has 6 nitrogen and oxygen atoms in total. The maximum absolute atomic E-state index is 12.3. The molecule has 0 bridgehead atoms. The van der Waals surface area contributed by atoms with Crippen LogP contribution >= 0.6 is 23.6 Å². The van der Waals surface area contributed by atoms with Gasteiger partial charge in [0, 0.05) is 36.7 Å². The number of carbonyl (C=O) groups is 1. The Kier molecular flexibility index (Phi) is 6.39. The number of hydrogen-bond acceptors (Lipinski definition) is 6. The fourth-order valence-corrected chi connectivity index (χ4v) is 4.90. The van der Waals surface area contributed by atoms with Gasteiger partial charge in [-0.05, 0) is 48.1 Å². The highest BCUT2D eigenvalue weighted by atomic mass is 32.1. The van der Waals surface area contributed by atoms with Gasteiger partial charge in [-0.1, -0.05) is 30.3 Å². The molecule has 160 valence electrons. The Labute approximate surface area is 190 Å². The molecule has 1 aliphatic heterocycles. The van der Waals surface area contributed by atoms with Gasteiger partial charge < -0.3 is 25.0 Å². The molecule has 0 aliphatic carbocycles. The third-order valence-corrected chi connectivity index (χ3v) is 6.66. The van der Waals surface area contributed by atoms with Crippen LogP contribution in [0.2, 0.25) is 0 Å². The number of carbonyl (C=O) groups excluding carboxylic acids is 1. The van der Waals surface area contributed by atoms with Gasteiger partial charge in [0.1, 0.15) is 10.8 Å². The van der Waals surface area contributed by atoms with E-state index in [9.17, 15) is 9.90 Å². The van der Waals surface area contributed by atoms with Gasteiger partial charge in [-0.25, -0.2) is 4.79 Å². The van der Waals surface area contributed by atoms with Crippen molar-refractivity contribution < 1.29 is 14.6 Å². The highest BCUT2D eigenvalue weighted by molar-refractivity contribution is 7.80. The summed E-state index contributed by atoms with van der Waals surface area (Å²) in [5.41, 5.74) is 2.60. The predicted octanol–water partition coefficient (Wildman–Crippen LogP) is 4.43. The molecule has 8 heteroatoms. The first kappa shape index (κ1) is 21.1. The average Bonchev–Trinajstić information content (AvgIpc) is 3.23. The standard InChI is InChI=1S/C23H23N3O3S2/c1-29-22(28)19-15-20(16-5-3-2-4-6-16)31-21(19)24-23(30)26-13-11-25(12-14-26)17-7-9-18(27)10-8-17/h2-10,15,27H,11-14H2,1H3,(H,24,30). The lowest BCUT2D eigenvalue weighted by atomic mass is 10.1. The number of nitrogens with one attached hydrogen (secondary N) is 1. The second kappa shape index (κ2) is 9.36. The molecule has 0 spiro atoms. The number of hydrogen-bond donors (Lipinski definition) is 2. The van der Waals surface area contributed by atoms with Gasteiger partial charge in [0.05, 0.1) is 12.7 Å². The van der Waals surface area contributed by atoms with Crippen molar-refractivity contribution in [3.05, 3.63) is 66.2 Å². The van der Waals surface area contributed by atoms with Gasteiger partial charge in [0.15, 0.2) is 5.11 Å². The number of methoxy groups -OCH3 is 1. The first-order valence-electron chi connectivity index (χ1n) is 9.92. The van der Waals surface area contributed by atoms with E-state index in [-0.39, 0.29) is 11.7 Å². The molecule has 1 saturated heterocycles. The number of esters is 1. The zero-order valence-corrected chi connectivity index (χ0v) is 18.7. The molecule has 1 aromatic heterocycles. The molecular weight excluding hydrogens is 430 g/mol. The van der Waals surface area contributed by atoms with Crippen molar-refractivity contribution in [1.82, 2.24) is 4.90 Å². The number of thiocarbonyl (C=S) groups is 1. The van der Waals surface area contributed by atoms with Crippen molar-refractivity contribution in [2.75, 3.05) is 43.5 Å². The molecule has 0 unspecified atom stereocenters. The fourth-order valence-electron chi connectivity index (χ4n) is 3.50. The molecule has 0 atom stereocenters. The van der Waals surface area contributed by atoms with Crippen LogP contribution in [0.4, 0.5) is 10.7 Å². The van der Waals surface area contributed by atoms with Crippen molar-refractivity contribution in [3.63, 3.8) is 0 Å². The molecule has 0 amide bonds. The minimum absolute atomic E-state index is 0.264. The summed E-state index contributed by atoms with van der Waals surface area (Å²) < 4.78 is 4.97. The maximum atomic E-state index is 12.3. The molecule has 2 heterocycles. The van der Waals surface area contributed by atoms with Crippen LogP contribution in [0.5, 0.6) is 5.75 Å². The summed E-state index contributed by atoms with van der Waals surface area (Å²) >= 11 is 7.14. The third-order valence-electron chi connectivity index (χ3n) is 5.20. The normalized spacial score (nSPS) is 13.7. The zero-order valence-electron chi connectivity index (χ0n) is 17.1. The lowest BCUT2D eigenvalue weighted by Crippen LogP contribution is -2.50.